The summed E-state index contributed by atoms with van der Waals surface area (Å²) in [6.07, 6.45) is 5.99. The fourth-order valence-electron chi connectivity index (χ4n) is 2.68. The van der Waals surface area contributed by atoms with Crippen LogP contribution in [-0.2, 0) is 0 Å². The maximum atomic E-state index is 12.4. The molecule has 0 unspecified atom stereocenters. The highest BCUT2D eigenvalue weighted by atomic mass is 16.5. The van der Waals surface area contributed by atoms with Crippen LogP contribution in [0.4, 0.5) is 5.69 Å². The fraction of sp³-hybridized carbons (Fsp3) is 0.364. The van der Waals surface area contributed by atoms with Crippen LogP contribution < -0.4 is 15.4 Å². The summed E-state index contributed by atoms with van der Waals surface area (Å²) in [7, 11) is 1.57. The Bertz CT molecular complexity index is 741. The van der Waals surface area contributed by atoms with Crippen LogP contribution >= 0.6 is 0 Å². The van der Waals surface area contributed by atoms with Crippen LogP contribution in [0.5, 0.6) is 5.75 Å². The predicted octanol–water partition coefficient (Wildman–Crippen LogP) is 4.65. The topological polar surface area (TPSA) is 67.4 Å². The number of ether oxygens (including phenoxy) is 1. The lowest BCUT2D eigenvalue weighted by molar-refractivity contribution is 0.0961. The Morgan fingerprint density at radius 2 is 1.63 bits per heavy atom. The molecule has 2 N–H and O–H groups in total. The largest absolute Gasteiger partial charge is 0.494 e. The highest BCUT2D eigenvalue weighted by molar-refractivity contribution is 6.05. The number of unbranched alkanes of at least 4 members (excludes halogenated alkanes) is 4. The smallest absolute Gasteiger partial charge is 0.255 e. The van der Waals surface area contributed by atoms with E-state index in [-0.39, 0.29) is 11.8 Å². The molecule has 0 spiro atoms. The monoisotopic (exact) mass is 368 g/mol. The number of hydrogen-bond donors (Lipinski definition) is 2. The first kappa shape index (κ1) is 20.5. The third-order valence-electron chi connectivity index (χ3n) is 4.24. The van der Waals surface area contributed by atoms with E-state index in [9.17, 15) is 9.59 Å². The third kappa shape index (κ3) is 6.77. The van der Waals surface area contributed by atoms with E-state index in [0.29, 0.717) is 23.4 Å². The zero-order chi connectivity index (χ0) is 19.5. The molecular formula is C22H28N2O3. The number of hydrogen-bond acceptors (Lipinski definition) is 3. The zero-order valence-corrected chi connectivity index (χ0v) is 16.1. The lowest BCUT2D eigenvalue weighted by Gasteiger charge is -2.09. The van der Waals surface area contributed by atoms with Crippen molar-refractivity contribution in [3.8, 4) is 5.75 Å². The first-order chi connectivity index (χ1) is 13.1. The summed E-state index contributed by atoms with van der Waals surface area (Å²) in [5, 5.41) is 5.37. The van der Waals surface area contributed by atoms with Crippen LogP contribution in [0.1, 0.15) is 59.7 Å². The summed E-state index contributed by atoms with van der Waals surface area (Å²) in [6, 6.07) is 13.9. The SMILES string of the molecule is CCCCCCCOc1ccc(C(=O)Nc2cccc(C(=O)NC)c2)cc1. The van der Waals surface area contributed by atoms with Gasteiger partial charge in [0, 0.05) is 23.9 Å². The molecule has 2 amide bonds. The van der Waals surface area contributed by atoms with E-state index in [4.69, 9.17) is 4.74 Å². The van der Waals surface area contributed by atoms with Gasteiger partial charge in [0.05, 0.1) is 6.61 Å². The minimum atomic E-state index is -0.227. The Balaban J connectivity index is 1.85. The molecule has 27 heavy (non-hydrogen) atoms. The van der Waals surface area contributed by atoms with Crippen LogP contribution in [-0.4, -0.2) is 25.5 Å². The van der Waals surface area contributed by atoms with Gasteiger partial charge in [-0.15, -0.1) is 0 Å². The molecule has 0 aliphatic rings. The molecule has 0 fully saturated rings. The summed E-state index contributed by atoms with van der Waals surface area (Å²) >= 11 is 0. The molecule has 0 atom stereocenters. The van der Waals surface area contributed by atoms with Crippen molar-refractivity contribution in [3.63, 3.8) is 0 Å². The molecule has 5 heteroatoms. The maximum absolute atomic E-state index is 12.4. The van der Waals surface area contributed by atoms with E-state index in [0.717, 1.165) is 12.2 Å². The molecule has 5 nitrogen and oxygen atoms in total. The van der Waals surface area contributed by atoms with Crippen molar-refractivity contribution in [2.24, 2.45) is 0 Å². The molecule has 0 aromatic heterocycles. The lowest BCUT2D eigenvalue weighted by atomic mass is 10.1. The van der Waals surface area contributed by atoms with E-state index >= 15 is 0 Å². The highest BCUT2D eigenvalue weighted by Crippen LogP contribution is 2.16. The summed E-state index contributed by atoms with van der Waals surface area (Å²) < 4.78 is 5.72. The number of carbonyl (C=O) groups is 2. The van der Waals surface area contributed by atoms with Crippen molar-refractivity contribution < 1.29 is 14.3 Å². The average Bonchev–Trinajstić information content (AvgIpc) is 2.70. The van der Waals surface area contributed by atoms with Crippen LogP contribution in [0.3, 0.4) is 0 Å². The minimum absolute atomic E-state index is 0.192. The molecule has 2 aromatic carbocycles. The number of anilines is 1. The zero-order valence-electron chi connectivity index (χ0n) is 16.1. The van der Waals surface area contributed by atoms with Gasteiger partial charge in [-0.05, 0) is 48.9 Å². The molecule has 0 heterocycles. The van der Waals surface area contributed by atoms with E-state index in [1.165, 1.54) is 25.7 Å². The quantitative estimate of drug-likeness (QED) is 0.600. The molecule has 2 aromatic rings. The van der Waals surface area contributed by atoms with Crippen LogP contribution in [0.2, 0.25) is 0 Å². The van der Waals surface area contributed by atoms with Crippen molar-refractivity contribution in [2.75, 3.05) is 19.0 Å². The summed E-state index contributed by atoms with van der Waals surface area (Å²) in [6.45, 7) is 2.90. The van der Waals surface area contributed by atoms with Crippen molar-refractivity contribution in [1.82, 2.24) is 5.32 Å². The molecule has 144 valence electrons. The Kier molecular flexibility index (Phi) is 8.36. The van der Waals surface area contributed by atoms with Crippen molar-refractivity contribution >= 4 is 17.5 Å². The summed E-state index contributed by atoms with van der Waals surface area (Å²) in [4.78, 5) is 24.1. The Morgan fingerprint density at radius 1 is 0.889 bits per heavy atom. The van der Waals surface area contributed by atoms with Gasteiger partial charge >= 0.3 is 0 Å². The maximum Gasteiger partial charge on any atom is 0.255 e. The molecule has 0 saturated carbocycles. The summed E-state index contributed by atoms with van der Waals surface area (Å²) in [5.74, 6) is 0.348. The van der Waals surface area contributed by atoms with Crippen LogP contribution in [0, 0.1) is 0 Å². The van der Waals surface area contributed by atoms with Gasteiger partial charge < -0.3 is 15.4 Å². The van der Waals surface area contributed by atoms with Gasteiger partial charge in [0.2, 0.25) is 0 Å². The van der Waals surface area contributed by atoms with Gasteiger partial charge in [-0.3, -0.25) is 9.59 Å². The summed E-state index contributed by atoms with van der Waals surface area (Å²) in [5.41, 5.74) is 1.61. The minimum Gasteiger partial charge on any atom is -0.494 e. The first-order valence-electron chi connectivity index (χ1n) is 9.50. The number of rotatable bonds is 10. The van der Waals surface area contributed by atoms with Crippen molar-refractivity contribution in [3.05, 3.63) is 59.7 Å². The molecule has 0 radical (unpaired) electrons. The van der Waals surface area contributed by atoms with Gasteiger partial charge in [-0.1, -0.05) is 38.7 Å². The van der Waals surface area contributed by atoms with Crippen LogP contribution in [0.15, 0.2) is 48.5 Å². The number of benzene rings is 2. The van der Waals surface area contributed by atoms with Crippen LogP contribution in [0.25, 0.3) is 0 Å². The second kappa shape index (κ2) is 11.0. The number of amides is 2. The van der Waals surface area contributed by atoms with Gasteiger partial charge in [0.25, 0.3) is 11.8 Å². The Hall–Kier alpha value is -2.82. The molecule has 0 saturated heterocycles. The van der Waals surface area contributed by atoms with E-state index < -0.39 is 0 Å². The first-order valence-corrected chi connectivity index (χ1v) is 9.50. The lowest BCUT2D eigenvalue weighted by Crippen LogP contribution is -2.18. The molecule has 0 aliphatic heterocycles. The van der Waals surface area contributed by atoms with E-state index in [2.05, 4.69) is 17.6 Å². The second-order valence-electron chi connectivity index (χ2n) is 6.40. The highest BCUT2D eigenvalue weighted by Gasteiger charge is 2.09. The third-order valence-corrected chi connectivity index (χ3v) is 4.24. The van der Waals surface area contributed by atoms with E-state index in [1.54, 1.807) is 43.4 Å². The molecule has 0 aliphatic carbocycles. The molecule has 2 rings (SSSR count). The fourth-order valence-corrected chi connectivity index (χ4v) is 2.68. The van der Waals surface area contributed by atoms with Gasteiger partial charge in [0.1, 0.15) is 5.75 Å². The van der Waals surface area contributed by atoms with Gasteiger partial charge in [-0.25, -0.2) is 0 Å². The number of nitrogens with one attached hydrogen (secondary N) is 2. The molecule has 0 bridgehead atoms. The van der Waals surface area contributed by atoms with Crippen molar-refractivity contribution in [1.29, 1.82) is 0 Å². The number of carbonyl (C=O) groups excluding carboxylic acids is 2. The normalized spacial score (nSPS) is 10.3. The van der Waals surface area contributed by atoms with Gasteiger partial charge in [-0.2, -0.15) is 0 Å². The van der Waals surface area contributed by atoms with Gasteiger partial charge in [0.15, 0.2) is 0 Å². The second-order valence-corrected chi connectivity index (χ2v) is 6.40. The molecular weight excluding hydrogens is 340 g/mol. The Labute approximate surface area is 161 Å². The predicted molar refractivity (Wildman–Crippen MR) is 108 cm³/mol. The Morgan fingerprint density at radius 3 is 2.33 bits per heavy atom. The van der Waals surface area contributed by atoms with E-state index in [1.807, 2.05) is 12.1 Å². The standard InChI is InChI=1S/C22H28N2O3/c1-3-4-5-6-7-15-27-20-13-11-17(12-14-20)22(26)24-19-10-8-9-18(16-19)21(25)23-2/h8-14,16H,3-7,15H2,1-2H3,(H,23,25)(H,24,26). The average molecular weight is 368 g/mol. The van der Waals surface area contributed by atoms with Crippen molar-refractivity contribution in [2.45, 2.75) is 39.0 Å².